The van der Waals surface area contributed by atoms with Gasteiger partial charge >= 0.3 is 11.9 Å². The van der Waals surface area contributed by atoms with Gasteiger partial charge in [-0.15, -0.1) is 0 Å². The summed E-state index contributed by atoms with van der Waals surface area (Å²) in [5, 5.41) is 18.5. The van der Waals surface area contributed by atoms with Gasteiger partial charge in [-0.1, -0.05) is 87.5 Å². The Balaban J connectivity index is 1.09. The molecule has 7 aliphatic rings. The molecule has 7 heteroatoms. The van der Waals surface area contributed by atoms with E-state index < -0.39 is 5.41 Å². The third-order valence-corrected chi connectivity index (χ3v) is 14.7. The number of aromatic hydroxyl groups is 1. The summed E-state index contributed by atoms with van der Waals surface area (Å²) in [4.78, 5) is 29.2. The van der Waals surface area contributed by atoms with E-state index >= 15 is 0 Å². The molecule has 3 aromatic rings. The molecule has 1 saturated carbocycles. The summed E-state index contributed by atoms with van der Waals surface area (Å²) < 4.78 is 12.9. The van der Waals surface area contributed by atoms with E-state index in [4.69, 9.17) is 9.47 Å². The molecule has 1 spiro atoms. The van der Waals surface area contributed by atoms with Gasteiger partial charge in [-0.2, -0.15) is 0 Å². The van der Waals surface area contributed by atoms with Crippen molar-refractivity contribution >= 4 is 17.5 Å². The lowest BCUT2D eigenvalue weighted by molar-refractivity contribution is -0.135. The van der Waals surface area contributed by atoms with Gasteiger partial charge in [-0.3, -0.25) is 0 Å². The lowest BCUT2D eigenvalue weighted by Gasteiger charge is -2.56. The monoisotopic (exact) mass is 806 g/mol. The lowest BCUT2D eigenvalue weighted by atomic mass is 9.44. The summed E-state index contributed by atoms with van der Waals surface area (Å²) in [6.45, 7) is 8.83. The zero-order valence-electron chi connectivity index (χ0n) is 35.7. The van der Waals surface area contributed by atoms with Gasteiger partial charge in [0.15, 0.2) is 0 Å². The molecule has 0 radical (unpaired) electrons. The van der Waals surface area contributed by atoms with Crippen LogP contribution in [0.25, 0.3) is 16.7 Å². The maximum absolute atomic E-state index is 14.7. The maximum Gasteiger partial charge on any atom is 0.340 e. The summed E-state index contributed by atoms with van der Waals surface area (Å²) in [5.74, 6) is 2.43. The van der Waals surface area contributed by atoms with Crippen LogP contribution in [0.5, 0.6) is 5.75 Å². The van der Waals surface area contributed by atoms with Crippen LogP contribution in [0.4, 0.5) is 0 Å². The van der Waals surface area contributed by atoms with Crippen LogP contribution in [-0.2, 0) is 25.5 Å². The quantitative estimate of drug-likeness (QED) is 0.110. The number of rotatable bonds is 14. The van der Waals surface area contributed by atoms with E-state index in [0.717, 1.165) is 122 Å². The number of hydrogen-bond acceptors (Lipinski definition) is 7. The Labute approximate surface area is 356 Å². The third-order valence-electron chi connectivity index (χ3n) is 14.7. The first-order chi connectivity index (χ1) is 29.2. The zero-order valence-corrected chi connectivity index (χ0v) is 35.7. The van der Waals surface area contributed by atoms with E-state index in [0.29, 0.717) is 23.4 Å². The Morgan fingerprint density at radius 3 is 2.52 bits per heavy atom. The largest absolute Gasteiger partial charge is 0.508 e. The van der Waals surface area contributed by atoms with Crippen molar-refractivity contribution in [1.82, 2.24) is 10.6 Å². The van der Waals surface area contributed by atoms with E-state index in [2.05, 4.69) is 80.0 Å². The Kier molecular flexibility index (Phi) is 11.8. The van der Waals surface area contributed by atoms with Gasteiger partial charge in [0.2, 0.25) is 0 Å². The highest BCUT2D eigenvalue weighted by molar-refractivity contribution is 6.07. The fraction of sp³-hybridized carbons (Fsp3) is 0.472. The Bertz CT molecular complexity index is 2220. The molecule has 0 amide bonds. The number of fused-ring (bicyclic) bond motifs is 1. The standard InChI is InChI=1S/C53H62N2O5/c1-4-34(29-35-14-7-5-8-15-35)30-45-53-26-24-40(47(50(53)52(58)60-45)43-32-38(56)20-21-39(43)37-17-9-6-10-18-37)41-22-23-42-44(59-51(57)48(42)49(41)53)19-11-16-36-25-28-55-46(31-36)54-27-12-13-33(2)3/h5-10,14-15,17-21,30,32-34,36,40-41,46,49,54-56H,4,11-13,16,22-29,31H2,1-3H3/t34-,36-,40+,41+,46-,49+,53+/m0/s1. The fourth-order valence-electron chi connectivity index (χ4n) is 11.9. The first kappa shape index (κ1) is 40.7. The number of benzene rings is 3. The molecule has 0 unspecified atom stereocenters. The van der Waals surface area contributed by atoms with Crippen molar-refractivity contribution in [2.75, 3.05) is 13.1 Å². The predicted molar refractivity (Wildman–Crippen MR) is 237 cm³/mol. The van der Waals surface area contributed by atoms with Crippen molar-refractivity contribution in [3.63, 3.8) is 0 Å². The number of cyclic esters (lactones) is 2. The van der Waals surface area contributed by atoms with Gasteiger partial charge in [-0.05, 0) is 172 Å². The average molecular weight is 807 g/mol. The molecule has 3 aromatic carbocycles. The minimum absolute atomic E-state index is 0.0241. The number of nitrogens with one attached hydrogen (secondary N) is 2. The molecule has 2 bridgehead atoms. The van der Waals surface area contributed by atoms with E-state index in [9.17, 15) is 14.7 Å². The van der Waals surface area contributed by atoms with Crippen molar-refractivity contribution in [3.8, 4) is 16.9 Å². The summed E-state index contributed by atoms with van der Waals surface area (Å²) in [7, 11) is 0. The van der Waals surface area contributed by atoms with E-state index in [1.165, 1.54) is 18.4 Å². The Morgan fingerprint density at radius 1 is 0.933 bits per heavy atom. The van der Waals surface area contributed by atoms with Crippen LogP contribution in [0.1, 0.15) is 103 Å². The van der Waals surface area contributed by atoms with Gasteiger partial charge < -0.3 is 25.2 Å². The van der Waals surface area contributed by atoms with Crippen LogP contribution in [-0.4, -0.2) is 36.3 Å². The first-order valence-electron chi connectivity index (χ1n) is 23.0. The number of carbonyl (C=O) groups excluding carboxylic acids is 2. The predicted octanol–water partition coefficient (Wildman–Crippen LogP) is 10.8. The molecule has 4 aliphatic carbocycles. The molecule has 3 aliphatic heterocycles. The Morgan fingerprint density at radius 2 is 1.73 bits per heavy atom. The number of esters is 2. The van der Waals surface area contributed by atoms with Crippen molar-refractivity contribution in [1.29, 1.82) is 0 Å². The third kappa shape index (κ3) is 7.62. The smallest absolute Gasteiger partial charge is 0.340 e. The van der Waals surface area contributed by atoms with Crippen molar-refractivity contribution < 1.29 is 24.2 Å². The topological polar surface area (TPSA) is 96.9 Å². The summed E-state index contributed by atoms with van der Waals surface area (Å²) >= 11 is 0. The highest BCUT2D eigenvalue weighted by Gasteiger charge is 2.68. The second-order valence-corrected chi connectivity index (χ2v) is 18.8. The van der Waals surface area contributed by atoms with Crippen LogP contribution in [0.15, 0.2) is 119 Å². The van der Waals surface area contributed by atoms with Crippen LogP contribution < -0.4 is 10.6 Å². The van der Waals surface area contributed by atoms with E-state index in [1.54, 1.807) is 6.07 Å². The summed E-state index contributed by atoms with van der Waals surface area (Å²) in [6, 6.07) is 26.3. The van der Waals surface area contributed by atoms with Crippen molar-refractivity contribution in [3.05, 3.63) is 130 Å². The Hall–Kier alpha value is -4.72. The minimum Gasteiger partial charge on any atom is -0.508 e. The van der Waals surface area contributed by atoms with E-state index in [1.807, 2.05) is 36.4 Å². The second-order valence-electron chi connectivity index (χ2n) is 18.8. The number of phenolic OH excluding ortho intramolecular Hbond substituents is 1. The number of allylic oxidation sites excluding steroid dienone is 5. The molecule has 314 valence electrons. The second kappa shape index (κ2) is 17.3. The maximum atomic E-state index is 14.7. The number of ether oxygens (including phenoxy) is 2. The molecule has 0 aromatic heterocycles. The SMILES string of the molecule is CC[C@H](C=C1OC(=O)C2=C(c3cc(O)ccc3-c3ccccc3)[C@@H]3CC[C@]12[C@H]1C2=C(CC[C@H]31)C(=CCC[C@H]1CCN[C@H](NCCCC(C)C)C1)OC2=O)Cc1ccccc1. The van der Waals surface area contributed by atoms with Gasteiger partial charge in [0, 0.05) is 17.1 Å². The molecule has 3 heterocycles. The number of hydrogen-bond donors (Lipinski definition) is 3. The highest BCUT2D eigenvalue weighted by atomic mass is 16.5. The number of carbonyl (C=O) groups is 2. The average Bonchev–Trinajstić information content (AvgIpc) is 3.74. The van der Waals surface area contributed by atoms with Crippen molar-refractivity contribution in [2.24, 2.45) is 40.9 Å². The minimum atomic E-state index is -0.808. The molecule has 3 N–H and O–H groups in total. The summed E-state index contributed by atoms with van der Waals surface area (Å²) in [6.07, 6.45) is 16.4. The molecule has 10 rings (SSSR count). The molecular formula is C53H62N2O5. The van der Waals surface area contributed by atoms with Gasteiger partial charge in [0.1, 0.15) is 17.3 Å². The number of phenols is 1. The normalized spacial score (nSPS) is 28.9. The van der Waals surface area contributed by atoms with Crippen LogP contribution in [0.2, 0.25) is 0 Å². The molecule has 3 fully saturated rings. The van der Waals surface area contributed by atoms with E-state index in [-0.39, 0.29) is 41.4 Å². The van der Waals surface area contributed by atoms with Gasteiger partial charge in [0.25, 0.3) is 0 Å². The number of piperidine rings is 1. The molecule has 60 heavy (non-hydrogen) atoms. The zero-order chi connectivity index (χ0) is 41.4. The van der Waals surface area contributed by atoms with Crippen LogP contribution in [0.3, 0.4) is 0 Å². The van der Waals surface area contributed by atoms with Crippen molar-refractivity contribution in [2.45, 2.75) is 104 Å². The van der Waals surface area contributed by atoms with Crippen LogP contribution >= 0.6 is 0 Å². The summed E-state index contributed by atoms with van der Waals surface area (Å²) in [5.41, 5.74) is 6.82. The highest BCUT2D eigenvalue weighted by Crippen LogP contribution is 2.72. The molecule has 7 atom stereocenters. The molecule has 2 saturated heterocycles. The fourth-order valence-corrected chi connectivity index (χ4v) is 11.9. The first-order valence-corrected chi connectivity index (χ1v) is 23.0. The van der Waals surface area contributed by atoms with Gasteiger partial charge in [0.05, 0.1) is 17.2 Å². The van der Waals surface area contributed by atoms with Crippen LogP contribution in [0, 0.1) is 40.9 Å². The van der Waals surface area contributed by atoms with Gasteiger partial charge in [-0.25, -0.2) is 9.59 Å². The molecular weight excluding hydrogens is 745 g/mol. The lowest BCUT2D eigenvalue weighted by Crippen LogP contribution is -2.52. The molecule has 7 nitrogen and oxygen atoms in total.